The van der Waals surface area contributed by atoms with Crippen LogP contribution in [0.3, 0.4) is 0 Å². The van der Waals surface area contributed by atoms with Crippen molar-refractivity contribution in [1.82, 2.24) is 4.57 Å². The molecule has 0 spiro atoms. The Kier molecular flexibility index (Phi) is 3.49. The molecule has 20 heavy (non-hydrogen) atoms. The maximum Gasteiger partial charge on any atom is 0.131 e. The minimum Gasteiger partial charge on any atom is -0.497 e. The number of hydrogen-bond acceptors (Lipinski definition) is 2. The topological polar surface area (TPSA) is 34.4 Å². The number of halogens is 1. The van der Waals surface area contributed by atoms with Gasteiger partial charge in [-0.05, 0) is 30.9 Å². The molecule has 0 saturated heterocycles. The first kappa shape index (κ1) is 13.2. The zero-order chi connectivity index (χ0) is 14.1. The molecule has 0 saturated carbocycles. The number of aliphatic hydroxyl groups excluding tert-OH is 1. The van der Waals surface area contributed by atoms with E-state index in [-0.39, 0.29) is 11.9 Å². The smallest absolute Gasteiger partial charge is 0.131 e. The fourth-order valence-corrected chi connectivity index (χ4v) is 2.80. The molecule has 0 bridgehead atoms. The fourth-order valence-electron chi connectivity index (χ4n) is 2.80. The molecule has 1 aromatic carbocycles. The van der Waals surface area contributed by atoms with Crippen molar-refractivity contribution in [3.8, 4) is 5.75 Å². The highest BCUT2D eigenvalue weighted by atomic mass is 19.1. The Morgan fingerprint density at radius 1 is 1.40 bits per heavy atom. The largest absolute Gasteiger partial charge is 0.497 e. The van der Waals surface area contributed by atoms with Gasteiger partial charge in [-0.2, -0.15) is 0 Å². The normalized spacial score (nSPS) is 17.9. The van der Waals surface area contributed by atoms with Crippen LogP contribution >= 0.6 is 0 Å². The molecule has 1 unspecified atom stereocenters. The molecule has 0 fully saturated rings. The number of methoxy groups -OCH3 is 1. The second-order valence-electron chi connectivity index (χ2n) is 5.28. The second kappa shape index (κ2) is 5.29. The first-order valence-electron chi connectivity index (χ1n) is 6.86. The number of nitrogens with zero attached hydrogens (tertiary/aromatic N) is 1. The van der Waals surface area contributed by atoms with Gasteiger partial charge in [0.2, 0.25) is 0 Å². The number of fused-ring (bicyclic) bond motifs is 1. The molecule has 1 atom stereocenters. The van der Waals surface area contributed by atoms with Crippen LogP contribution in [0.5, 0.6) is 5.75 Å². The minimum atomic E-state index is -0.374. The van der Waals surface area contributed by atoms with Crippen molar-refractivity contribution in [3.63, 3.8) is 0 Å². The van der Waals surface area contributed by atoms with E-state index in [4.69, 9.17) is 4.74 Å². The number of aromatic nitrogens is 1. The van der Waals surface area contributed by atoms with Crippen molar-refractivity contribution >= 4 is 0 Å². The summed E-state index contributed by atoms with van der Waals surface area (Å²) < 4.78 is 20.9. The lowest BCUT2D eigenvalue weighted by atomic mass is 9.93. The SMILES string of the molecule is COc1ccc(Cn2cc3c(c2)C(O)CCC3)c(F)c1. The monoisotopic (exact) mass is 275 g/mol. The minimum absolute atomic E-state index is 0.267. The van der Waals surface area contributed by atoms with E-state index in [1.54, 1.807) is 12.1 Å². The van der Waals surface area contributed by atoms with E-state index in [2.05, 4.69) is 0 Å². The standard InChI is InChI=1S/C16H18FNO2/c1-20-13-6-5-12(15(17)7-13)9-18-8-11-3-2-4-16(19)14(11)10-18/h5-8,10,16,19H,2-4,9H2,1H3. The molecular formula is C16H18FNO2. The van der Waals surface area contributed by atoms with Crippen molar-refractivity contribution in [2.24, 2.45) is 0 Å². The van der Waals surface area contributed by atoms with Gasteiger partial charge >= 0.3 is 0 Å². The quantitative estimate of drug-likeness (QED) is 0.934. The number of rotatable bonds is 3. The van der Waals surface area contributed by atoms with Crippen molar-refractivity contribution in [2.45, 2.75) is 31.9 Å². The van der Waals surface area contributed by atoms with Crippen LogP contribution in [0.2, 0.25) is 0 Å². The summed E-state index contributed by atoms with van der Waals surface area (Å²) >= 11 is 0. The van der Waals surface area contributed by atoms with Crippen LogP contribution in [0.1, 0.15) is 35.6 Å². The Labute approximate surface area is 117 Å². The average molecular weight is 275 g/mol. The van der Waals surface area contributed by atoms with Crippen LogP contribution < -0.4 is 4.74 Å². The van der Waals surface area contributed by atoms with Crippen molar-refractivity contribution in [2.75, 3.05) is 7.11 Å². The fraction of sp³-hybridized carbons (Fsp3) is 0.375. The summed E-state index contributed by atoms with van der Waals surface area (Å²) in [5.74, 6) is 0.255. The Bertz CT molecular complexity index is 621. The highest BCUT2D eigenvalue weighted by Gasteiger charge is 2.20. The van der Waals surface area contributed by atoms with Gasteiger partial charge in [-0.3, -0.25) is 0 Å². The molecule has 1 aliphatic rings. The van der Waals surface area contributed by atoms with Crippen molar-refractivity contribution in [1.29, 1.82) is 0 Å². The second-order valence-corrected chi connectivity index (χ2v) is 5.28. The number of ether oxygens (including phenoxy) is 1. The lowest BCUT2D eigenvalue weighted by molar-refractivity contribution is 0.157. The third-order valence-electron chi connectivity index (χ3n) is 3.89. The third-order valence-corrected chi connectivity index (χ3v) is 3.89. The van der Waals surface area contributed by atoms with Crippen LogP contribution in [-0.2, 0) is 13.0 Å². The molecule has 0 amide bonds. The molecule has 3 nitrogen and oxygen atoms in total. The van der Waals surface area contributed by atoms with Gasteiger partial charge in [0.1, 0.15) is 11.6 Å². The first-order valence-corrected chi connectivity index (χ1v) is 6.86. The van der Waals surface area contributed by atoms with Gasteiger partial charge < -0.3 is 14.4 Å². The third kappa shape index (κ3) is 2.43. The summed E-state index contributed by atoms with van der Waals surface area (Å²) in [4.78, 5) is 0. The molecule has 0 aliphatic heterocycles. The Hall–Kier alpha value is -1.81. The number of hydrogen-bond donors (Lipinski definition) is 1. The van der Waals surface area contributed by atoms with E-state index in [0.29, 0.717) is 17.9 Å². The first-order chi connectivity index (χ1) is 9.67. The van der Waals surface area contributed by atoms with E-state index in [1.807, 2.05) is 17.0 Å². The lowest BCUT2D eigenvalue weighted by Crippen LogP contribution is -2.05. The van der Waals surface area contributed by atoms with Crippen molar-refractivity contribution in [3.05, 3.63) is 53.1 Å². The molecule has 1 aliphatic carbocycles. The summed E-state index contributed by atoms with van der Waals surface area (Å²) in [6.07, 6.45) is 6.39. The Balaban J connectivity index is 1.85. The maximum atomic E-state index is 13.9. The summed E-state index contributed by atoms with van der Waals surface area (Å²) in [6.45, 7) is 0.468. The molecule has 106 valence electrons. The number of benzene rings is 1. The van der Waals surface area contributed by atoms with E-state index >= 15 is 0 Å². The van der Waals surface area contributed by atoms with Crippen molar-refractivity contribution < 1.29 is 14.2 Å². The van der Waals surface area contributed by atoms with Gasteiger partial charge in [0.05, 0.1) is 13.2 Å². The zero-order valence-electron chi connectivity index (χ0n) is 11.5. The molecule has 3 rings (SSSR count). The molecule has 1 aromatic heterocycles. The van der Waals surface area contributed by atoms with Crippen LogP contribution in [0.4, 0.5) is 4.39 Å². The number of aryl methyl sites for hydroxylation is 1. The van der Waals surface area contributed by atoms with Crippen LogP contribution in [0.15, 0.2) is 30.6 Å². The summed E-state index contributed by atoms with van der Waals surface area (Å²) in [6, 6.07) is 4.90. The highest BCUT2D eigenvalue weighted by molar-refractivity contribution is 5.32. The molecule has 4 heteroatoms. The summed E-state index contributed by atoms with van der Waals surface area (Å²) in [7, 11) is 1.52. The lowest BCUT2D eigenvalue weighted by Gasteiger charge is -2.16. The van der Waals surface area contributed by atoms with E-state index in [0.717, 1.165) is 24.8 Å². The molecule has 1 N–H and O–H groups in total. The molecule has 1 heterocycles. The van der Waals surface area contributed by atoms with Gasteiger partial charge in [0.15, 0.2) is 0 Å². The Morgan fingerprint density at radius 2 is 2.25 bits per heavy atom. The number of aliphatic hydroxyl groups is 1. The van der Waals surface area contributed by atoms with Gasteiger partial charge in [-0.1, -0.05) is 6.07 Å². The van der Waals surface area contributed by atoms with Gasteiger partial charge in [-0.25, -0.2) is 4.39 Å². The molecule has 2 aromatic rings. The zero-order valence-corrected chi connectivity index (χ0v) is 11.5. The predicted octanol–water partition coefficient (Wildman–Crippen LogP) is 3.05. The molecule has 0 radical (unpaired) electrons. The Morgan fingerprint density at radius 3 is 2.95 bits per heavy atom. The molecular weight excluding hydrogens is 257 g/mol. The van der Waals surface area contributed by atoms with E-state index in [1.165, 1.54) is 18.7 Å². The predicted molar refractivity (Wildman–Crippen MR) is 74.4 cm³/mol. The summed E-state index contributed by atoms with van der Waals surface area (Å²) in [5, 5.41) is 9.96. The summed E-state index contributed by atoms with van der Waals surface area (Å²) in [5.41, 5.74) is 2.79. The van der Waals surface area contributed by atoms with E-state index in [9.17, 15) is 9.50 Å². The van der Waals surface area contributed by atoms with Gasteiger partial charge in [0, 0.05) is 36.1 Å². The average Bonchev–Trinajstić information content (AvgIpc) is 2.85. The van der Waals surface area contributed by atoms with Crippen LogP contribution in [-0.4, -0.2) is 16.8 Å². The maximum absolute atomic E-state index is 13.9. The van der Waals surface area contributed by atoms with Gasteiger partial charge in [-0.15, -0.1) is 0 Å². The van der Waals surface area contributed by atoms with E-state index < -0.39 is 0 Å². The highest BCUT2D eigenvalue weighted by Crippen LogP contribution is 2.30. The van der Waals surface area contributed by atoms with Crippen LogP contribution in [0.25, 0.3) is 0 Å². The van der Waals surface area contributed by atoms with Gasteiger partial charge in [0.25, 0.3) is 0 Å². The van der Waals surface area contributed by atoms with Crippen LogP contribution in [0, 0.1) is 5.82 Å².